The van der Waals surface area contributed by atoms with E-state index in [1.54, 1.807) is 24.3 Å². The maximum absolute atomic E-state index is 13.0. The summed E-state index contributed by atoms with van der Waals surface area (Å²) in [6.45, 7) is 0.806. The number of halogens is 1. The molecule has 8 heteroatoms. The number of sulfonamides is 1. The van der Waals surface area contributed by atoms with E-state index in [0.29, 0.717) is 25.1 Å². The molecule has 1 heterocycles. The molecule has 1 amide bonds. The van der Waals surface area contributed by atoms with Crippen LogP contribution in [0.4, 0.5) is 4.39 Å². The Balaban J connectivity index is 1.63. The second-order valence-corrected chi connectivity index (χ2v) is 8.66. The Morgan fingerprint density at radius 1 is 1.18 bits per heavy atom. The van der Waals surface area contributed by atoms with Crippen LogP contribution in [0.1, 0.15) is 18.4 Å². The fourth-order valence-corrected chi connectivity index (χ4v) is 4.73. The minimum atomic E-state index is -3.67. The highest BCUT2D eigenvalue weighted by Crippen LogP contribution is 2.25. The summed E-state index contributed by atoms with van der Waals surface area (Å²) in [6.07, 6.45) is 1.24. The number of hydrogen-bond acceptors (Lipinski definition) is 4. The van der Waals surface area contributed by atoms with Gasteiger partial charge in [0.2, 0.25) is 15.9 Å². The Morgan fingerprint density at radius 3 is 2.50 bits per heavy atom. The van der Waals surface area contributed by atoms with Gasteiger partial charge in [0.15, 0.2) is 0 Å². The summed E-state index contributed by atoms with van der Waals surface area (Å²) >= 11 is 0. The Bertz CT molecular complexity index is 914. The minimum absolute atomic E-state index is 0.142. The molecule has 28 heavy (non-hydrogen) atoms. The number of benzene rings is 2. The summed E-state index contributed by atoms with van der Waals surface area (Å²) < 4.78 is 45.2. The zero-order valence-corrected chi connectivity index (χ0v) is 16.4. The second-order valence-electron chi connectivity index (χ2n) is 6.72. The number of amides is 1. The predicted octanol–water partition coefficient (Wildman–Crippen LogP) is 2.55. The van der Waals surface area contributed by atoms with Crippen molar-refractivity contribution in [1.29, 1.82) is 0 Å². The fourth-order valence-electron chi connectivity index (χ4n) is 3.21. The van der Waals surface area contributed by atoms with Crippen LogP contribution in [0.15, 0.2) is 53.4 Å². The molecule has 6 nitrogen and oxygen atoms in total. The number of nitrogens with zero attached hydrogens (tertiary/aromatic N) is 1. The molecule has 1 saturated heterocycles. The van der Waals surface area contributed by atoms with Crippen LogP contribution in [0, 0.1) is 11.7 Å². The van der Waals surface area contributed by atoms with Crippen LogP contribution in [-0.2, 0) is 21.4 Å². The maximum Gasteiger partial charge on any atom is 0.243 e. The predicted molar refractivity (Wildman–Crippen MR) is 103 cm³/mol. The number of piperidine rings is 1. The average molecular weight is 406 g/mol. The monoisotopic (exact) mass is 406 g/mol. The van der Waals surface area contributed by atoms with Crippen LogP contribution in [0.2, 0.25) is 0 Å². The first-order valence-electron chi connectivity index (χ1n) is 9.06. The number of carbonyl (C=O) groups excluding carboxylic acids is 1. The largest absolute Gasteiger partial charge is 0.497 e. The van der Waals surface area contributed by atoms with Crippen molar-refractivity contribution in [2.45, 2.75) is 24.3 Å². The lowest BCUT2D eigenvalue weighted by Gasteiger charge is -2.31. The lowest BCUT2D eigenvalue weighted by atomic mass is 9.99. The first kappa shape index (κ1) is 20.3. The highest BCUT2D eigenvalue weighted by atomic mass is 32.2. The summed E-state index contributed by atoms with van der Waals surface area (Å²) in [5, 5.41) is 2.82. The molecule has 1 atom stereocenters. The van der Waals surface area contributed by atoms with Crippen molar-refractivity contribution in [3.63, 3.8) is 0 Å². The van der Waals surface area contributed by atoms with Gasteiger partial charge in [0.1, 0.15) is 11.6 Å². The molecular formula is C20H23FN2O4S. The molecule has 0 unspecified atom stereocenters. The van der Waals surface area contributed by atoms with E-state index in [1.165, 1.54) is 35.7 Å². The van der Waals surface area contributed by atoms with Gasteiger partial charge in [0.25, 0.3) is 0 Å². The van der Waals surface area contributed by atoms with Gasteiger partial charge in [0.05, 0.1) is 17.9 Å². The van der Waals surface area contributed by atoms with Gasteiger partial charge in [-0.3, -0.25) is 4.79 Å². The molecule has 3 rings (SSSR count). The lowest BCUT2D eigenvalue weighted by Crippen LogP contribution is -2.45. The zero-order chi connectivity index (χ0) is 20.1. The molecule has 1 fully saturated rings. The Labute approximate surface area is 164 Å². The third-order valence-corrected chi connectivity index (χ3v) is 6.71. The van der Waals surface area contributed by atoms with Gasteiger partial charge < -0.3 is 10.1 Å². The normalized spacial score (nSPS) is 17.9. The van der Waals surface area contributed by atoms with E-state index >= 15 is 0 Å². The minimum Gasteiger partial charge on any atom is -0.497 e. The third kappa shape index (κ3) is 4.69. The highest BCUT2D eigenvalue weighted by molar-refractivity contribution is 7.89. The van der Waals surface area contributed by atoms with Gasteiger partial charge in [-0.25, -0.2) is 12.8 Å². The fraction of sp³-hybridized carbons (Fsp3) is 0.350. The SMILES string of the molecule is COc1ccc(S(=O)(=O)N2CCC[C@H](C(=O)NCc3ccc(F)cc3)C2)cc1. The van der Waals surface area contributed by atoms with Crippen LogP contribution >= 0.6 is 0 Å². The van der Waals surface area contributed by atoms with Crippen LogP contribution in [-0.4, -0.2) is 38.8 Å². The molecule has 2 aromatic carbocycles. The van der Waals surface area contributed by atoms with E-state index in [-0.39, 0.29) is 29.7 Å². The van der Waals surface area contributed by atoms with E-state index in [1.807, 2.05) is 0 Å². The van der Waals surface area contributed by atoms with E-state index < -0.39 is 15.9 Å². The van der Waals surface area contributed by atoms with E-state index in [2.05, 4.69) is 5.32 Å². The molecule has 0 spiro atoms. The van der Waals surface area contributed by atoms with Crippen LogP contribution in [0.25, 0.3) is 0 Å². The van der Waals surface area contributed by atoms with E-state index in [0.717, 1.165) is 5.56 Å². The van der Waals surface area contributed by atoms with Crippen molar-refractivity contribution < 1.29 is 22.3 Å². The molecule has 150 valence electrons. The molecule has 0 aliphatic carbocycles. The van der Waals surface area contributed by atoms with E-state index in [9.17, 15) is 17.6 Å². The van der Waals surface area contributed by atoms with Gasteiger partial charge in [-0.05, 0) is 54.8 Å². The lowest BCUT2D eigenvalue weighted by molar-refractivity contribution is -0.126. The molecule has 0 aromatic heterocycles. The van der Waals surface area contributed by atoms with Crippen molar-refractivity contribution in [1.82, 2.24) is 9.62 Å². The van der Waals surface area contributed by atoms with Crippen molar-refractivity contribution in [2.24, 2.45) is 5.92 Å². The molecule has 0 saturated carbocycles. The van der Waals surface area contributed by atoms with Crippen LogP contribution in [0.3, 0.4) is 0 Å². The van der Waals surface area contributed by atoms with Crippen molar-refractivity contribution in [3.05, 3.63) is 59.9 Å². The summed E-state index contributed by atoms with van der Waals surface area (Å²) in [4.78, 5) is 12.7. The highest BCUT2D eigenvalue weighted by Gasteiger charge is 2.33. The first-order valence-corrected chi connectivity index (χ1v) is 10.5. The van der Waals surface area contributed by atoms with Crippen LogP contribution in [0.5, 0.6) is 5.75 Å². The summed E-state index contributed by atoms with van der Waals surface area (Å²) in [7, 11) is -2.15. The zero-order valence-electron chi connectivity index (χ0n) is 15.6. The van der Waals surface area contributed by atoms with Gasteiger partial charge in [0, 0.05) is 19.6 Å². The maximum atomic E-state index is 13.0. The van der Waals surface area contributed by atoms with Crippen molar-refractivity contribution in [3.8, 4) is 5.75 Å². The Kier molecular flexibility index (Phi) is 6.31. The summed E-state index contributed by atoms with van der Waals surface area (Å²) in [6, 6.07) is 12.1. The molecule has 1 aliphatic heterocycles. The number of nitrogens with one attached hydrogen (secondary N) is 1. The number of methoxy groups -OCH3 is 1. The standard InChI is InChI=1S/C20H23FN2O4S/c1-27-18-8-10-19(11-9-18)28(25,26)23-12-2-3-16(14-23)20(24)22-13-15-4-6-17(21)7-5-15/h4-11,16H,2-3,12-14H2,1H3,(H,22,24)/t16-/m0/s1. The van der Waals surface area contributed by atoms with Gasteiger partial charge in [-0.1, -0.05) is 12.1 Å². The average Bonchev–Trinajstić information content (AvgIpc) is 2.73. The topological polar surface area (TPSA) is 75.7 Å². The molecule has 0 radical (unpaired) electrons. The molecular weight excluding hydrogens is 383 g/mol. The summed E-state index contributed by atoms with van der Waals surface area (Å²) in [5.74, 6) is -0.362. The molecule has 1 aliphatic rings. The van der Waals surface area contributed by atoms with Gasteiger partial charge >= 0.3 is 0 Å². The summed E-state index contributed by atoms with van der Waals surface area (Å²) in [5.41, 5.74) is 0.785. The molecule has 2 aromatic rings. The smallest absolute Gasteiger partial charge is 0.243 e. The number of rotatable bonds is 6. The number of ether oxygens (including phenoxy) is 1. The third-order valence-electron chi connectivity index (χ3n) is 4.83. The molecule has 0 bridgehead atoms. The number of hydrogen-bond donors (Lipinski definition) is 1. The molecule has 1 N–H and O–H groups in total. The quantitative estimate of drug-likeness (QED) is 0.800. The Hall–Kier alpha value is -2.45. The second kappa shape index (κ2) is 8.70. The first-order chi connectivity index (χ1) is 13.4. The van der Waals surface area contributed by atoms with Gasteiger partial charge in [-0.15, -0.1) is 0 Å². The number of carbonyl (C=O) groups is 1. The van der Waals surface area contributed by atoms with Gasteiger partial charge in [-0.2, -0.15) is 4.31 Å². The van der Waals surface area contributed by atoms with Crippen LogP contribution < -0.4 is 10.1 Å². The van der Waals surface area contributed by atoms with Crippen molar-refractivity contribution in [2.75, 3.05) is 20.2 Å². The Morgan fingerprint density at radius 2 is 1.86 bits per heavy atom. The van der Waals surface area contributed by atoms with E-state index in [4.69, 9.17) is 4.74 Å². The van der Waals surface area contributed by atoms with Crippen molar-refractivity contribution >= 4 is 15.9 Å².